The van der Waals surface area contributed by atoms with Crippen molar-refractivity contribution in [1.29, 1.82) is 0 Å². The summed E-state index contributed by atoms with van der Waals surface area (Å²) in [6.07, 6.45) is 5.70. The number of nitrogens with zero attached hydrogens (tertiary/aromatic N) is 2. The van der Waals surface area contributed by atoms with Crippen LogP contribution in [0.15, 0.2) is 35.5 Å². The van der Waals surface area contributed by atoms with Crippen molar-refractivity contribution in [2.45, 2.75) is 0 Å². The van der Waals surface area contributed by atoms with Crippen LogP contribution in [0.3, 0.4) is 0 Å². The monoisotopic (exact) mass is 247 g/mol. The highest BCUT2D eigenvalue weighted by atomic mass is 16.5. The zero-order chi connectivity index (χ0) is 12.8. The molecule has 5 heteroatoms. The van der Waals surface area contributed by atoms with Crippen LogP contribution in [0.1, 0.15) is 0 Å². The van der Waals surface area contributed by atoms with Crippen LogP contribution in [0.25, 0.3) is 0 Å². The minimum Gasteiger partial charge on any atom is -0.493 e. The van der Waals surface area contributed by atoms with E-state index in [4.69, 9.17) is 15.2 Å². The molecule has 1 heterocycles. The van der Waals surface area contributed by atoms with Crippen LogP contribution in [0, 0.1) is 0 Å². The Morgan fingerprint density at radius 3 is 3.00 bits per heavy atom. The van der Waals surface area contributed by atoms with E-state index in [1.807, 2.05) is 18.3 Å². The molecule has 1 aromatic carbocycles. The maximum absolute atomic E-state index is 5.68. The zero-order valence-electron chi connectivity index (χ0n) is 10.4. The molecule has 0 unspecified atom stereocenters. The van der Waals surface area contributed by atoms with Crippen molar-refractivity contribution in [3.63, 3.8) is 0 Å². The second-order valence-corrected chi connectivity index (χ2v) is 3.89. The SMILES string of the molecule is COc1cc(N)ccc1OCCN1C=CC=NC1. The van der Waals surface area contributed by atoms with Crippen LogP contribution in [0.5, 0.6) is 11.5 Å². The number of rotatable bonds is 5. The number of ether oxygens (including phenoxy) is 2. The van der Waals surface area contributed by atoms with Crippen LogP contribution >= 0.6 is 0 Å². The van der Waals surface area contributed by atoms with Gasteiger partial charge < -0.3 is 20.1 Å². The fourth-order valence-electron chi connectivity index (χ4n) is 1.64. The number of benzene rings is 1. The van der Waals surface area contributed by atoms with Crippen LogP contribution in [0.2, 0.25) is 0 Å². The van der Waals surface area contributed by atoms with Gasteiger partial charge >= 0.3 is 0 Å². The first-order chi connectivity index (χ1) is 8.79. The van der Waals surface area contributed by atoms with Gasteiger partial charge in [-0.15, -0.1) is 0 Å². The molecule has 2 N–H and O–H groups in total. The molecule has 96 valence electrons. The molecule has 0 amide bonds. The highest BCUT2D eigenvalue weighted by Gasteiger charge is 2.06. The molecule has 0 atom stereocenters. The van der Waals surface area contributed by atoms with Gasteiger partial charge in [-0.1, -0.05) is 0 Å². The Kier molecular flexibility index (Phi) is 4.06. The minimum absolute atomic E-state index is 0.570. The predicted molar refractivity (Wildman–Crippen MR) is 72.1 cm³/mol. The normalized spacial score (nSPS) is 13.7. The molecular weight excluding hydrogens is 230 g/mol. The molecule has 0 bridgehead atoms. The highest BCUT2D eigenvalue weighted by molar-refractivity contribution is 5.71. The number of nitrogens with two attached hydrogens (primary N) is 1. The number of hydrogen-bond donors (Lipinski definition) is 1. The number of allylic oxidation sites excluding steroid dienone is 1. The van der Waals surface area contributed by atoms with Crippen molar-refractivity contribution in [3.8, 4) is 11.5 Å². The topological polar surface area (TPSA) is 60.1 Å². The fourth-order valence-corrected chi connectivity index (χ4v) is 1.64. The number of nitrogen functional groups attached to an aromatic ring is 1. The van der Waals surface area contributed by atoms with Crippen molar-refractivity contribution in [1.82, 2.24) is 4.90 Å². The van der Waals surface area contributed by atoms with Crippen LogP contribution in [-0.4, -0.2) is 38.0 Å². The summed E-state index contributed by atoms with van der Waals surface area (Å²) in [4.78, 5) is 6.22. The minimum atomic E-state index is 0.570. The lowest BCUT2D eigenvalue weighted by atomic mass is 10.3. The molecule has 5 nitrogen and oxygen atoms in total. The summed E-state index contributed by atoms with van der Waals surface area (Å²) >= 11 is 0. The third-order valence-corrected chi connectivity index (χ3v) is 2.58. The van der Waals surface area contributed by atoms with Gasteiger partial charge in [0.25, 0.3) is 0 Å². The highest BCUT2D eigenvalue weighted by Crippen LogP contribution is 2.28. The lowest BCUT2D eigenvalue weighted by Crippen LogP contribution is -2.25. The molecule has 0 aliphatic carbocycles. The molecule has 0 fully saturated rings. The average Bonchev–Trinajstić information content (AvgIpc) is 2.41. The smallest absolute Gasteiger partial charge is 0.162 e. The van der Waals surface area contributed by atoms with E-state index < -0.39 is 0 Å². The number of methoxy groups -OCH3 is 1. The summed E-state index contributed by atoms with van der Waals surface area (Å²) in [7, 11) is 1.60. The second-order valence-electron chi connectivity index (χ2n) is 3.89. The van der Waals surface area contributed by atoms with Crippen molar-refractivity contribution < 1.29 is 9.47 Å². The van der Waals surface area contributed by atoms with Crippen LogP contribution in [-0.2, 0) is 0 Å². The van der Waals surface area contributed by atoms with Crippen LogP contribution in [0.4, 0.5) is 5.69 Å². The van der Waals surface area contributed by atoms with E-state index in [2.05, 4.69) is 9.89 Å². The first-order valence-corrected chi connectivity index (χ1v) is 5.76. The molecular formula is C13H17N3O2. The lowest BCUT2D eigenvalue weighted by Gasteiger charge is -2.20. The van der Waals surface area contributed by atoms with Gasteiger partial charge in [0.05, 0.1) is 13.7 Å². The van der Waals surface area contributed by atoms with Crippen molar-refractivity contribution >= 4 is 11.9 Å². The first kappa shape index (κ1) is 12.3. The van der Waals surface area contributed by atoms with Gasteiger partial charge in [0.2, 0.25) is 0 Å². The summed E-state index contributed by atoms with van der Waals surface area (Å²) in [5, 5.41) is 0. The Morgan fingerprint density at radius 1 is 1.39 bits per heavy atom. The van der Waals surface area contributed by atoms with E-state index in [0.29, 0.717) is 30.5 Å². The standard InChI is InChI=1S/C13H17N3O2/c1-17-13-9-11(14)3-4-12(13)18-8-7-16-6-2-5-15-10-16/h2-6,9H,7-8,10,14H2,1H3. The van der Waals surface area contributed by atoms with E-state index in [9.17, 15) is 0 Å². The predicted octanol–water partition coefficient (Wildman–Crippen LogP) is 1.51. The Balaban J connectivity index is 1.86. The Morgan fingerprint density at radius 2 is 2.28 bits per heavy atom. The van der Waals surface area contributed by atoms with Crippen molar-refractivity contribution in [2.75, 3.05) is 32.7 Å². The number of anilines is 1. The maximum atomic E-state index is 5.68. The van der Waals surface area contributed by atoms with Crippen molar-refractivity contribution in [3.05, 3.63) is 30.5 Å². The quantitative estimate of drug-likeness (QED) is 0.801. The molecule has 18 heavy (non-hydrogen) atoms. The molecule has 0 radical (unpaired) electrons. The van der Waals surface area contributed by atoms with Gasteiger partial charge in [-0.2, -0.15) is 0 Å². The van der Waals surface area contributed by atoms with Gasteiger partial charge in [-0.3, -0.25) is 4.99 Å². The zero-order valence-corrected chi connectivity index (χ0v) is 10.4. The Hall–Kier alpha value is -2.17. The number of aliphatic imine (C=N–C) groups is 1. The summed E-state index contributed by atoms with van der Waals surface area (Å²) in [6, 6.07) is 5.36. The van der Waals surface area contributed by atoms with Gasteiger partial charge in [-0.05, 0) is 18.2 Å². The number of hydrogen-bond acceptors (Lipinski definition) is 5. The van der Waals surface area contributed by atoms with E-state index in [-0.39, 0.29) is 0 Å². The van der Waals surface area contributed by atoms with E-state index in [0.717, 1.165) is 6.54 Å². The molecule has 1 aliphatic heterocycles. The van der Waals surface area contributed by atoms with E-state index >= 15 is 0 Å². The molecule has 2 rings (SSSR count). The second kappa shape index (κ2) is 5.95. The first-order valence-electron chi connectivity index (χ1n) is 5.76. The van der Waals surface area contributed by atoms with E-state index in [1.54, 1.807) is 25.5 Å². The molecule has 1 aliphatic rings. The summed E-state index contributed by atoms with van der Waals surface area (Å²) in [5.41, 5.74) is 6.34. The van der Waals surface area contributed by atoms with Gasteiger partial charge in [-0.25, -0.2) is 0 Å². The molecule has 0 saturated heterocycles. The largest absolute Gasteiger partial charge is 0.493 e. The maximum Gasteiger partial charge on any atom is 0.162 e. The molecule has 0 aromatic heterocycles. The van der Waals surface area contributed by atoms with Crippen LogP contribution < -0.4 is 15.2 Å². The lowest BCUT2D eigenvalue weighted by molar-refractivity contribution is 0.247. The summed E-state index contributed by atoms with van der Waals surface area (Å²) in [6.45, 7) is 2.03. The average molecular weight is 247 g/mol. The Bertz CT molecular complexity index is 458. The Labute approximate surface area is 107 Å². The van der Waals surface area contributed by atoms with E-state index in [1.165, 1.54) is 0 Å². The summed E-state index contributed by atoms with van der Waals surface area (Å²) < 4.78 is 10.9. The third kappa shape index (κ3) is 3.16. The molecule has 0 saturated carbocycles. The fraction of sp³-hybridized carbons (Fsp3) is 0.308. The summed E-state index contributed by atoms with van der Waals surface area (Å²) in [5.74, 6) is 1.36. The molecule has 1 aromatic rings. The third-order valence-electron chi connectivity index (χ3n) is 2.58. The van der Waals surface area contributed by atoms with Gasteiger partial charge in [0, 0.05) is 24.2 Å². The van der Waals surface area contributed by atoms with Gasteiger partial charge in [0.15, 0.2) is 11.5 Å². The van der Waals surface area contributed by atoms with Gasteiger partial charge in [0.1, 0.15) is 13.3 Å². The van der Waals surface area contributed by atoms with Crippen molar-refractivity contribution in [2.24, 2.45) is 4.99 Å². The molecule has 0 spiro atoms.